The van der Waals surface area contributed by atoms with Crippen molar-refractivity contribution in [2.24, 2.45) is 0 Å². The summed E-state index contributed by atoms with van der Waals surface area (Å²) in [5.74, 6) is 0.0879. The maximum atomic E-state index is 12.0. The standard InChI is InChI=1S/C18H19ClN2O/c1-12-11-17(20-15-9-7-14(19)8-10-15)16-5-3-4-6-18(16)21(12)13(2)22/h3-10,12,17,20H,11H2,1-2H3/t12-,17+/m0/s1. The van der Waals surface area contributed by atoms with Gasteiger partial charge in [-0.25, -0.2) is 0 Å². The maximum Gasteiger partial charge on any atom is 0.224 e. The zero-order valence-electron chi connectivity index (χ0n) is 12.7. The minimum atomic E-state index is 0.0879. The number of rotatable bonds is 2. The average Bonchev–Trinajstić information content (AvgIpc) is 2.49. The van der Waals surface area contributed by atoms with Gasteiger partial charge in [-0.2, -0.15) is 0 Å². The Kier molecular flexibility index (Phi) is 4.08. The van der Waals surface area contributed by atoms with E-state index in [-0.39, 0.29) is 18.0 Å². The number of nitrogens with one attached hydrogen (secondary N) is 1. The monoisotopic (exact) mass is 314 g/mol. The van der Waals surface area contributed by atoms with E-state index >= 15 is 0 Å². The van der Waals surface area contributed by atoms with E-state index < -0.39 is 0 Å². The van der Waals surface area contributed by atoms with Crippen molar-refractivity contribution in [1.82, 2.24) is 0 Å². The van der Waals surface area contributed by atoms with Crippen LogP contribution in [-0.4, -0.2) is 11.9 Å². The molecule has 2 aromatic carbocycles. The van der Waals surface area contributed by atoms with Crippen molar-refractivity contribution in [3.8, 4) is 0 Å². The van der Waals surface area contributed by atoms with Crippen molar-refractivity contribution < 1.29 is 4.79 Å². The second-order valence-electron chi connectivity index (χ2n) is 5.74. The van der Waals surface area contributed by atoms with Crippen LogP contribution >= 0.6 is 11.6 Å². The summed E-state index contributed by atoms with van der Waals surface area (Å²) in [4.78, 5) is 13.8. The fourth-order valence-corrected chi connectivity index (χ4v) is 3.30. The average molecular weight is 315 g/mol. The molecule has 0 fully saturated rings. The molecule has 0 bridgehead atoms. The molecular formula is C18H19ClN2O. The highest BCUT2D eigenvalue weighted by molar-refractivity contribution is 6.30. The van der Waals surface area contributed by atoms with Crippen LogP contribution in [0.15, 0.2) is 48.5 Å². The van der Waals surface area contributed by atoms with Crippen LogP contribution in [0.4, 0.5) is 11.4 Å². The van der Waals surface area contributed by atoms with Gasteiger partial charge in [-0.1, -0.05) is 29.8 Å². The van der Waals surface area contributed by atoms with Crippen LogP contribution < -0.4 is 10.2 Å². The van der Waals surface area contributed by atoms with Gasteiger partial charge in [0, 0.05) is 29.4 Å². The van der Waals surface area contributed by atoms with Crippen molar-refractivity contribution in [3.05, 3.63) is 59.1 Å². The highest BCUT2D eigenvalue weighted by atomic mass is 35.5. The molecule has 1 aliphatic rings. The lowest BCUT2D eigenvalue weighted by Crippen LogP contribution is -2.43. The Balaban J connectivity index is 1.94. The van der Waals surface area contributed by atoms with Gasteiger partial charge in [0.05, 0.1) is 6.04 Å². The number of amides is 1. The van der Waals surface area contributed by atoms with Crippen LogP contribution in [0.3, 0.4) is 0 Å². The summed E-state index contributed by atoms with van der Waals surface area (Å²) in [5.41, 5.74) is 3.19. The van der Waals surface area contributed by atoms with E-state index in [2.05, 4.69) is 18.3 Å². The summed E-state index contributed by atoms with van der Waals surface area (Å²) in [6, 6.07) is 16.2. The number of nitrogens with zero attached hydrogens (tertiary/aromatic N) is 1. The van der Waals surface area contributed by atoms with E-state index in [4.69, 9.17) is 11.6 Å². The molecule has 0 saturated heterocycles. The van der Waals surface area contributed by atoms with E-state index in [1.807, 2.05) is 47.4 Å². The molecule has 0 saturated carbocycles. The molecule has 0 spiro atoms. The molecular weight excluding hydrogens is 296 g/mol. The summed E-state index contributed by atoms with van der Waals surface area (Å²) in [5, 5.41) is 4.29. The maximum absolute atomic E-state index is 12.0. The molecule has 0 aliphatic carbocycles. The van der Waals surface area contributed by atoms with Crippen LogP contribution in [0.25, 0.3) is 0 Å². The number of carbonyl (C=O) groups excluding carboxylic acids is 1. The number of benzene rings is 2. The van der Waals surface area contributed by atoms with Gasteiger partial charge in [0.2, 0.25) is 5.91 Å². The molecule has 0 aromatic heterocycles. The van der Waals surface area contributed by atoms with Gasteiger partial charge >= 0.3 is 0 Å². The normalized spacial score (nSPS) is 20.4. The van der Waals surface area contributed by atoms with Gasteiger partial charge in [0.1, 0.15) is 0 Å². The Labute approximate surface area is 135 Å². The summed E-state index contributed by atoms with van der Waals surface area (Å²) in [7, 11) is 0. The number of halogens is 1. The van der Waals surface area contributed by atoms with Crippen molar-refractivity contribution >= 4 is 28.9 Å². The van der Waals surface area contributed by atoms with Gasteiger partial charge < -0.3 is 10.2 Å². The predicted octanol–water partition coefficient (Wildman–Crippen LogP) is 4.64. The second-order valence-corrected chi connectivity index (χ2v) is 6.17. The number of hydrogen-bond acceptors (Lipinski definition) is 2. The molecule has 22 heavy (non-hydrogen) atoms. The lowest BCUT2D eigenvalue weighted by atomic mass is 9.91. The number of para-hydroxylation sites is 1. The fraction of sp³-hybridized carbons (Fsp3) is 0.278. The first kappa shape index (κ1) is 14.9. The number of fused-ring (bicyclic) bond motifs is 1. The molecule has 0 radical (unpaired) electrons. The minimum Gasteiger partial charge on any atom is -0.378 e. The molecule has 3 nitrogen and oxygen atoms in total. The zero-order valence-corrected chi connectivity index (χ0v) is 13.5. The first-order chi connectivity index (χ1) is 10.6. The first-order valence-electron chi connectivity index (χ1n) is 7.47. The molecule has 4 heteroatoms. The minimum absolute atomic E-state index is 0.0879. The summed E-state index contributed by atoms with van der Waals surface area (Å²) < 4.78 is 0. The highest BCUT2D eigenvalue weighted by Crippen LogP contribution is 2.38. The quantitative estimate of drug-likeness (QED) is 0.876. The van der Waals surface area contributed by atoms with Crippen molar-refractivity contribution in [2.75, 3.05) is 10.2 Å². The second kappa shape index (κ2) is 6.01. The fourth-order valence-electron chi connectivity index (χ4n) is 3.18. The van der Waals surface area contributed by atoms with Crippen LogP contribution in [0, 0.1) is 0 Å². The van der Waals surface area contributed by atoms with E-state index in [1.165, 1.54) is 0 Å². The lowest BCUT2D eigenvalue weighted by molar-refractivity contribution is -0.117. The van der Waals surface area contributed by atoms with E-state index in [0.717, 1.165) is 28.4 Å². The van der Waals surface area contributed by atoms with Crippen molar-refractivity contribution in [2.45, 2.75) is 32.4 Å². The van der Waals surface area contributed by atoms with Gasteiger partial charge in [-0.05, 0) is 49.2 Å². The lowest BCUT2D eigenvalue weighted by Gasteiger charge is -2.39. The van der Waals surface area contributed by atoms with Crippen LogP contribution in [0.5, 0.6) is 0 Å². The van der Waals surface area contributed by atoms with Crippen LogP contribution in [0.2, 0.25) is 5.02 Å². The molecule has 1 N–H and O–H groups in total. The molecule has 0 unspecified atom stereocenters. The van der Waals surface area contributed by atoms with Crippen LogP contribution in [-0.2, 0) is 4.79 Å². The van der Waals surface area contributed by atoms with Gasteiger partial charge in [-0.3, -0.25) is 4.79 Å². The van der Waals surface area contributed by atoms with Crippen molar-refractivity contribution in [3.63, 3.8) is 0 Å². The molecule has 114 valence electrons. The van der Waals surface area contributed by atoms with E-state index in [9.17, 15) is 4.79 Å². The number of hydrogen-bond donors (Lipinski definition) is 1. The molecule has 1 aliphatic heterocycles. The Morgan fingerprint density at radius 3 is 2.55 bits per heavy atom. The molecule has 2 aromatic rings. The van der Waals surface area contributed by atoms with Gasteiger partial charge in [-0.15, -0.1) is 0 Å². The Hall–Kier alpha value is -2.00. The van der Waals surface area contributed by atoms with Crippen LogP contribution in [0.1, 0.15) is 31.9 Å². The molecule has 1 amide bonds. The van der Waals surface area contributed by atoms with Gasteiger partial charge in [0.15, 0.2) is 0 Å². The van der Waals surface area contributed by atoms with E-state index in [0.29, 0.717) is 0 Å². The largest absolute Gasteiger partial charge is 0.378 e. The predicted molar refractivity (Wildman–Crippen MR) is 91.5 cm³/mol. The molecule has 3 rings (SSSR count). The Morgan fingerprint density at radius 1 is 1.18 bits per heavy atom. The molecule has 2 atom stereocenters. The topological polar surface area (TPSA) is 32.3 Å². The van der Waals surface area contributed by atoms with Gasteiger partial charge in [0.25, 0.3) is 0 Å². The SMILES string of the molecule is CC(=O)N1c2ccccc2[C@H](Nc2ccc(Cl)cc2)C[C@@H]1C. The first-order valence-corrected chi connectivity index (χ1v) is 7.85. The Morgan fingerprint density at radius 2 is 1.86 bits per heavy atom. The zero-order chi connectivity index (χ0) is 15.7. The third-order valence-electron chi connectivity index (χ3n) is 4.11. The third-order valence-corrected chi connectivity index (χ3v) is 4.37. The van der Waals surface area contributed by atoms with E-state index in [1.54, 1.807) is 6.92 Å². The summed E-state index contributed by atoms with van der Waals surface area (Å²) in [6.07, 6.45) is 0.874. The number of carbonyl (C=O) groups is 1. The third kappa shape index (κ3) is 2.81. The highest BCUT2D eigenvalue weighted by Gasteiger charge is 2.31. The number of anilines is 2. The smallest absolute Gasteiger partial charge is 0.224 e. The summed E-state index contributed by atoms with van der Waals surface area (Å²) >= 11 is 5.94. The summed E-state index contributed by atoms with van der Waals surface area (Å²) in [6.45, 7) is 3.72. The van der Waals surface area contributed by atoms with Crippen molar-refractivity contribution in [1.29, 1.82) is 0 Å². The Bertz CT molecular complexity index is 684. The molecule has 1 heterocycles.